The lowest BCUT2D eigenvalue weighted by Crippen LogP contribution is -2.37. The second-order valence-electron chi connectivity index (χ2n) is 4.85. The summed E-state index contributed by atoms with van der Waals surface area (Å²) in [7, 11) is 0. The number of thiazole rings is 1. The molecule has 2 N–H and O–H groups in total. The van der Waals surface area contributed by atoms with Gasteiger partial charge in [-0.15, -0.1) is 0 Å². The van der Waals surface area contributed by atoms with Crippen molar-refractivity contribution in [2.75, 3.05) is 11.9 Å². The van der Waals surface area contributed by atoms with Crippen LogP contribution < -0.4 is 15.4 Å². The van der Waals surface area contributed by atoms with Crippen molar-refractivity contribution in [3.63, 3.8) is 0 Å². The van der Waals surface area contributed by atoms with Gasteiger partial charge < -0.3 is 10.1 Å². The normalized spacial score (nSPS) is 10.5. The van der Waals surface area contributed by atoms with Crippen LogP contribution in [0.2, 0.25) is 10.0 Å². The topological polar surface area (TPSA) is 63.2 Å². The van der Waals surface area contributed by atoms with E-state index < -0.39 is 5.91 Å². The van der Waals surface area contributed by atoms with Crippen molar-refractivity contribution in [1.82, 2.24) is 10.3 Å². The minimum atomic E-state index is -0.401. The van der Waals surface area contributed by atoms with Crippen LogP contribution in [-0.2, 0) is 4.79 Å². The summed E-state index contributed by atoms with van der Waals surface area (Å²) in [5.74, 6) is 0.0304. The van der Waals surface area contributed by atoms with E-state index in [-0.39, 0.29) is 11.7 Å². The molecule has 9 heteroatoms. The van der Waals surface area contributed by atoms with Gasteiger partial charge in [0.15, 0.2) is 16.9 Å². The third-order valence-corrected chi connectivity index (χ3v) is 4.70. The van der Waals surface area contributed by atoms with Crippen molar-refractivity contribution < 1.29 is 9.53 Å². The Kier molecular flexibility index (Phi) is 5.70. The largest absolute Gasteiger partial charge is 0.482 e. The SMILES string of the molecule is O=C(COc1ccccc1Cl)NC(=S)Nc1nc2ccc(Cl)cc2s1. The molecule has 0 bridgehead atoms. The number of anilines is 1. The third-order valence-electron chi connectivity index (χ3n) is 3.02. The number of rotatable bonds is 4. The first kappa shape index (κ1) is 17.9. The smallest absolute Gasteiger partial charge is 0.264 e. The van der Waals surface area contributed by atoms with E-state index in [9.17, 15) is 4.79 Å². The molecule has 0 saturated heterocycles. The summed E-state index contributed by atoms with van der Waals surface area (Å²) >= 11 is 18.4. The number of hydrogen-bond acceptors (Lipinski definition) is 5. The quantitative estimate of drug-likeness (QED) is 0.618. The standard InChI is InChI=1S/C16H11Cl2N3O2S2/c17-9-5-6-11-13(7-9)25-16(19-11)21-15(24)20-14(22)8-23-12-4-2-1-3-10(12)18/h1-7H,8H2,(H2,19,20,21,22,24). The summed E-state index contributed by atoms with van der Waals surface area (Å²) in [6.07, 6.45) is 0. The lowest BCUT2D eigenvalue weighted by Gasteiger charge is -2.09. The van der Waals surface area contributed by atoms with Crippen LogP contribution in [0, 0.1) is 0 Å². The van der Waals surface area contributed by atoms with Gasteiger partial charge in [-0.2, -0.15) is 0 Å². The predicted octanol–water partition coefficient (Wildman–Crippen LogP) is 4.50. The van der Waals surface area contributed by atoms with Crippen LogP contribution in [0.25, 0.3) is 10.2 Å². The van der Waals surface area contributed by atoms with Crippen LogP contribution in [0.3, 0.4) is 0 Å². The molecular formula is C16H11Cl2N3O2S2. The maximum Gasteiger partial charge on any atom is 0.264 e. The van der Waals surface area contributed by atoms with E-state index in [1.165, 1.54) is 11.3 Å². The van der Waals surface area contributed by atoms with E-state index >= 15 is 0 Å². The number of amides is 1. The Morgan fingerprint density at radius 1 is 1.24 bits per heavy atom. The van der Waals surface area contributed by atoms with Gasteiger partial charge in [0.1, 0.15) is 5.75 Å². The lowest BCUT2D eigenvalue weighted by molar-refractivity contribution is -0.121. The zero-order valence-corrected chi connectivity index (χ0v) is 15.7. The van der Waals surface area contributed by atoms with E-state index in [1.54, 1.807) is 30.3 Å². The van der Waals surface area contributed by atoms with E-state index in [4.69, 9.17) is 40.2 Å². The minimum Gasteiger partial charge on any atom is -0.482 e. The molecule has 3 rings (SSSR count). The Morgan fingerprint density at radius 3 is 2.84 bits per heavy atom. The number of nitrogens with one attached hydrogen (secondary N) is 2. The molecule has 5 nitrogen and oxygen atoms in total. The minimum absolute atomic E-state index is 0.137. The summed E-state index contributed by atoms with van der Waals surface area (Å²) in [6.45, 7) is -0.207. The predicted molar refractivity (Wildman–Crippen MR) is 106 cm³/mol. The van der Waals surface area contributed by atoms with Gasteiger partial charge in [0.05, 0.1) is 15.2 Å². The zero-order chi connectivity index (χ0) is 17.8. The number of carbonyl (C=O) groups is 1. The first-order chi connectivity index (χ1) is 12.0. The number of fused-ring (bicyclic) bond motifs is 1. The van der Waals surface area contributed by atoms with Crippen LogP contribution in [0.1, 0.15) is 0 Å². The summed E-state index contributed by atoms with van der Waals surface area (Å²) in [4.78, 5) is 16.3. The van der Waals surface area contributed by atoms with E-state index in [1.807, 2.05) is 12.1 Å². The molecule has 1 heterocycles. The molecule has 1 aromatic heterocycles. The number of thiocarbonyl (C=S) groups is 1. The van der Waals surface area contributed by atoms with Gasteiger partial charge in [0.25, 0.3) is 5.91 Å². The van der Waals surface area contributed by atoms with Crippen LogP contribution >= 0.6 is 46.8 Å². The van der Waals surface area contributed by atoms with Gasteiger partial charge in [-0.1, -0.05) is 46.7 Å². The Balaban J connectivity index is 1.54. The van der Waals surface area contributed by atoms with E-state index in [2.05, 4.69) is 15.6 Å². The molecule has 0 aliphatic rings. The number of aromatic nitrogens is 1. The maximum atomic E-state index is 11.9. The lowest BCUT2D eigenvalue weighted by atomic mass is 10.3. The van der Waals surface area contributed by atoms with Crippen molar-refractivity contribution >= 4 is 73.1 Å². The summed E-state index contributed by atoms with van der Waals surface area (Å²) in [5.41, 5.74) is 0.799. The number of para-hydroxylation sites is 1. The Hall–Kier alpha value is -1.93. The second-order valence-corrected chi connectivity index (χ2v) is 7.13. The molecule has 3 aromatic rings. The summed E-state index contributed by atoms with van der Waals surface area (Å²) < 4.78 is 6.27. The zero-order valence-electron chi connectivity index (χ0n) is 12.6. The summed E-state index contributed by atoms with van der Waals surface area (Å²) in [6, 6.07) is 12.3. The Morgan fingerprint density at radius 2 is 2.04 bits per heavy atom. The summed E-state index contributed by atoms with van der Waals surface area (Å²) in [5, 5.41) is 7.17. The monoisotopic (exact) mass is 411 g/mol. The van der Waals surface area contributed by atoms with Crippen molar-refractivity contribution in [1.29, 1.82) is 0 Å². The van der Waals surface area contributed by atoms with Gasteiger partial charge >= 0.3 is 0 Å². The Labute approximate surface area is 162 Å². The third kappa shape index (κ3) is 4.79. The molecule has 2 aromatic carbocycles. The van der Waals surface area contributed by atoms with Crippen LogP contribution in [0.15, 0.2) is 42.5 Å². The molecular weight excluding hydrogens is 401 g/mol. The molecule has 0 saturated carbocycles. The van der Waals surface area contributed by atoms with Gasteiger partial charge in [-0.25, -0.2) is 4.98 Å². The molecule has 0 atom stereocenters. The van der Waals surface area contributed by atoms with Gasteiger partial charge in [0.2, 0.25) is 0 Å². The van der Waals surface area contributed by atoms with E-state index in [0.717, 1.165) is 10.2 Å². The first-order valence-electron chi connectivity index (χ1n) is 7.05. The van der Waals surface area contributed by atoms with E-state index in [0.29, 0.717) is 20.9 Å². The Bertz CT molecular complexity index is 946. The molecule has 0 aliphatic heterocycles. The first-order valence-corrected chi connectivity index (χ1v) is 9.03. The number of benzene rings is 2. The highest BCUT2D eigenvalue weighted by molar-refractivity contribution is 7.80. The fourth-order valence-electron chi connectivity index (χ4n) is 1.95. The number of hydrogen-bond donors (Lipinski definition) is 2. The second kappa shape index (κ2) is 7.97. The van der Waals surface area contributed by atoms with Gasteiger partial charge in [0, 0.05) is 5.02 Å². The number of ether oxygens (including phenoxy) is 1. The number of nitrogens with zero attached hydrogens (tertiary/aromatic N) is 1. The van der Waals surface area contributed by atoms with Crippen molar-refractivity contribution in [3.05, 3.63) is 52.5 Å². The van der Waals surface area contributed by atoms with Crippen molar-refractivity contribution in [2.45, 2.75) is 0 Å². The number of halogens is 2. The highest BCUT2D eigenvalue weighted by Crippen LogP contribution is 2.28. The van der Waals surface area contributed by atoms with Crippen LogP contribution in [-0.4, -0.2) is 22.6 Å². The highest BCUT2D eigenvalue weighted by Gasteiger charge is 2.10. The number of carbonyl (C=O) groups excluding carboxylic acids is 1. The molecule has 25 heavy (non-hydrogen) atoms. The van der Waals surface area contributed by atoms with Crippen LogP contribution in [0.4, 0.5) is 5.13 Å². The maximum absolute atomic E-state index is 11.9. The molecule has 128 valence electrons. The molecule has 1 amide bonds. The van der Waals surface area contributed by atoms with Gasteiger partial charge in [-0.3, -0.25) is 10.1 Å². The highest BCUT2D eigenvalue weighted by atomic mass is 35.5. The molecule has 0 aliphatic carbocycles. The fraction of sp³-hybridized carbons (Fsp3) is 0.0625. The van der Waals surface area contributed by atoms with Crippen LogP contribution in [0.5, 0.6) is 5.75 Å². The fourth-order valence-corrected chi connectivity index (χ4v) is 3.56. The average Bonchev–Trinajstić information content (AvgIpc) is 2.95. The molecule has 0 spiro atoms. The molecule has 0 radical (unpaired) electrons. The van der Waals surface area contributed by atoms with Crippen molar-refractivity contribution in [2.24, 2.45) is 0 Å². The van der Waals surface area contributed by atoms with Crippen molar-refractivity contribution in [3.8, 4) is 5.75 Å². The molecule has 0 unspecified atom stereocenters. The molecule has 0 fully saturated rings. The van der Waals surface area contributed by atoms with Gasteiger partial charge in [-0.05, 0) is 42.5 Å². The average molecular weight is 412 g/mol.